The summed E-state index contributed by atoms with van der Waals surface area (Å²) < 4.78 is 39.6. The molecule has 0 aliphatic carbocycles. The topological polar surface area (TPSA) is 41.5 Å². The van der Waals surface area contributed by atoms with Crippen molar-refractivity contribution in [2.45, 2.75) is 38.8 Å². The van der Waals surface area contributed by atoms with Gasteiger partial charge in [-0.3, -0.25) is 0 Å². The van der Waals surface area contributed by atoms with Crippen molar-refractivity contribution in [3.05, 3.63) is 29.8 Å². The third-order valence-electron chi connectivity index (χ3n) is 2.39. The molecule has 1 aromatic carbocycles. The summed E-state index contributed by atoms with van der Waals surface area (Å²) in [6.07, 6.45) is -4.87. The molecular formula is C13H18F3NO2. The van der Waals surface area contributed by atoms with Gasteiger partial charge < -0.3 is 15.2 Å². The third-order valence-corrected chi connectivity index (χ3v) is 2.39. The standard InChI is InChI=1S/C13H18F3NO2/c1-9(2)17-8-11(18)7-10-3-5-12(6-4-10)19-13(14,15)16/h3-6,9,11,17-18H,7-8H2,1-2H3. The van der Waals surface area contributed by atoms with Crippen molar-refractivity contribution in [1.29, 1.82) is 0 Å². The number of hydrogen-bond acceptors (Lipinski definition) is 3. The second-order valence-corrected chi connectivity index (χ2v) is 4.61. The molecule has 108 valence electrons. The first-order valence-corrected chi connectivity index (χ1v) is 6.02. The molecule has 0 aliphatic rings. The second kappa shape index (κ2) is 6.77. The summed E-state index contributed by atoms with van der Waals surface area (Å²) in [6.45, 7) is 4.38. The largest absolute Gasteiger partial charge is 0.573 e. The maximum atomic E-state index is 12.0. The Hall–Kier alpha value is -1.27. The number of aliphatic hydroxyl groups excluding tert-OH is 1. The fourth-order valence-corrected chi connectivity index (χ4v) is 1.54. The highest BCUT2D eigenvalue weighted by molar-refractivity contribution is 5.27. The zero-order valence-corrected chi connectivity index (χ0v) is 10.9. The smallest absolute Gasteiger partial charge is 0.406 e. The second-order valence-electron chi connectivity index (χ2n) is 4.61. The lowest BCUT2D eigenvalue weighted by Gasteiger charge is -2.14. The number of aliphatic hydroxyl groups is 1. The average molecular weight is 277 g/mol. The molecule has 1 rings (SSSR count). The molecule has 0 amide bonds. The van der Waals surface area contributed by atoms with E-state index in [1.807, 2.05) is 13.8 Å². The predicted octanol–water partition coefficient (Wildman–Crippen LogP) is 2.49. The van der Waals surface area contributed by atoms with Crippen LogP contribution in [0.2, 0.25) is 0 Å². The molecule has 1 aromatic rings. The Morgan fingerprint density at radius 1 is 1.21 bits per heavy atom. The van der Waals surface area contributed by atoms with E-state index in [1.165, 1.54) is 24.3 Å². The van der Waals surface area contributed by atoms with Gasteiger partial charge >= 0.3 is 6.36 Å². The lowest BCUT2D eigenvalue weighted by Crippen LogP contribution is -2.33. The van der Waals surface area contributed by atoms with E-state index in [0.29, 0.717) is 13.0 Å². The summed E-state index contributed by atoms with van der Waals surface area (Å²) in [7, 11) is 0. The van der Waals surface area contributed by atoms with Crippen LogP contribution in [0.1, 0.15) is 19.4 Å². The Morgan fingerprint density at radius 2 is 1.79 bits per heavy atom. The van der Waals surface area contributed by atoms with Gasteiger partial charge in [-0.25, -0.2) is 0 Å². The van der Waals surface area contributed by atoms with Gasteiger partial charge in [0.15, 0.2) is 0 Å². The number of alkyl halides is 3. The quantitative estimate of drug-likeness (QED) is 0.839. The molecule has 0 fully saturated rings. The molecule has 0 spiro atoms. The van der Waals surface area contributed by atoms with E-state index < -0.39 is 12.5 Å². The third kappa shape index (κ3) is 7.03. The van der Waals surface area contributed by atoms with E-state index in [2.05, 4.69) is 10.1 Å². The summed E-state index contributed by atoms with van der Waals surface area (Å²) >= 11 is 0. The maximum absolute atomic E-state index is 12.0. The van der Waals surface area contributed by atoms with Crippen molar-refractivity contribution in [2.75, 3.05) is 6.54 Å². The number of halogens is 3. The molecule has 0 aliphatic heterocycles. The molecule has 0 aromatic heterocycles. The van der Waals surface area contributed by atoms with Crippen molar-refractivity contribution in [2.24, 2.45) is 0 Å². The van der Waals surface area contributed by atoms with Crippen molar-refractivity contribution in [3.8, 4) is 5.75 Å². The molecule has 19 heavy (non-hydrogen) atoms. The van der Waals surface area contributed by atoms with Gasteiger partial charge in [-0.15, -0.1) is 13.2 Å². The van der Waals surface area contributed by atoms with Crippen LogP contribution in [0.4, 0.5) is 13.2 Å². The van der Waals surface area contributed by atoms with Crippen LogP contribution in [0.3, 0.4) is 0 Å². The molecule has 6 heteroatoms. The molecule has 2 N–H and O–H groups in total. The molecule has 0 bridgehead atoms. The van der Waals surface area contributed by atoms with E-state index in [4.69, 9.17) is 0 Å². The number of hydrogen-bond donors (Lipinski definition) is 2. The summed E-state index contributed by atoms with van der Waals surface area (Å²) in [4.78, 5) is 0. The van der Waals surface area contributed by atoms with Gasteiger partial charge in [-0.1, -0.05) is 26.0 Å². The van der Waals surface area contributed by atoms with Crippen molar-refractivity contribution >= 4 is 0 Å². The maximum Gasteiger partial charge on any atom is 0.573 e. The van der Waals surface area contributed by atoms with Gasteiger partial charge in [-0.2, -0.15) is 0 Å². The zero-order chi connectivity index (χ0) is 14.5. The average Bonchev–Trinajstić information content (AvgIpc) is 2.27. The number of rotatable bonds is 6. The van der Waals surface area contributed by atoms with Crippen molar-refractivity contribution < 1.29 is 23.0 Å². The number of nitrogens with one attached hydrogen (secondary N) is 1. The Balaban J connectivity index is 2.48. The van der Waals surface area contributed by atoms with Gasteiger partial charge in [-0.05, 0) is 24.1 Å². The minimum Gasteiger partial charge on any atom is -0.406 e. The number of benzene rings is 1. The predicted molar refractivity (Wildman–Crippen MR) is 66.0 cm³/mol. The molecule has 1 unspecified atom stereocenters. The Labute approximate surface area is 110 Å². The lowest BCUT2D eigenvalue weighted by molar-refractivity contribution is -0.274. The van der Waals surface area contributed by atoms with Crippen LogP contribution in [0.5, 0.6) is 5.75 Å². The van der Waals surface area contributed by atoms with E-state index in [0.717, 1.165) is 5.56 Å². The first-order chi connectivity index (χ1) is 8.76. The van der Waals surface area contributed by atoms with E-state index >= 15 is 0 Å². The van der Waals surface area contributed by atoms with Crippen LogP contribution < -0.4 is 10.1 Å². The molecule has 0 radical (unpaired) electrons. The SMILES string of the molecule is CC(C)NCC(O)Cc1ccc(OC(F)(F)F)cc1. The summed E-state index contributed by atoms with van der Waals surface area (Å²) in [5.74, 6) is -0.258. The highest BCUT2D eigenvalue weighted by Gasteiger charge is 2.30. The van der Waals surface area contributed by atoms with E-state index in [9.17, 15) is 18.3 Å². The molecule has 0 saturated carbocycles. The lowest BCUT2D eigenvalue weighted by atomic mass is 10.1. The Morgan fingerprint density at radius 3 is 2.26 bits per heavy atom. The summed E-state index contributed by atoms with van der Waals surface area (Å²) in [6, 6.07) is 5.79. The highest BCUT2D eigenvalue weighted by atomic mass is 19.4. The van der Waals surface area contributed by atoms with Gasteiger partial charge in [0.05, 0.1) is 6.10 Å². The molecule has 0 heterocycles. The van der Waals surface area contributed by atoms with Crippen molar-refractivity contribution in [3.63, 3.8) is 0 Å². The minimum absolute atomic E-state index is 0.258. The van der Waals surface area contributed by atoms with Crippen LogP contribution in [0.25, 0.3) is 0 Å². The molecule has 3 nitrogen and oxygen atoms in total. The van der Waals surface area contributed by atoms with Crippen LogP contribution in [-0.4, -0.2) is 30.2 Å². The van der Waals surface area contributed by atoms with Gasteiger partial charge in [0, 0.05) is 12.6 Å². The highest BCUT2D eigenvalue weighted by Crippen LogP contribution is 2.22. The van der Waals surface area contributed by atoms with Crippen molar-refractivity contribution in [1.82, 2.24) is 5.32 Å². The molecular weight excluding hydrogens is 259 g/mol. The molecule has 0 saturated heterocycles. The molecule has 1 atom stereocenters. The Bertz CT molecular complexity index is 376. The fraction of sp³-hybridized carbons (Fsp3) is 0.538. The van der Waals surface area contributed by atoms with E-state index in [-0.39, 0.29) is 11.8 Å². The van der Waals surface area contributed by atoms with Crippen LogP contribution in [0.15, 0.2) is 24.3 Å². The fourth-order valence-electron chi connectivity index (χ4n) is 1.54. The first kappa shape index (κ1) is 15.8. The van der Waals surface area contributed by atoms with Crippen LogP contribution in [-0.2, 0) is 6.42 Å². The monoisotopic (exact) mass is 277 g/mol. The van der Waals surface area contributed by atoms with Gasteiger partial charge in [0.2, 0.25) is 0 Å². The number of ether oxygens (including phenoxy) is 1. The van der Waals surface area contributed by atoms with Gasteiger partial charge in [0.25, 0.3) is 0 Å². The van der Waals surface area contributed by atoms with Crippen LogP contribution in [0, 0.1) is 0 Å². The summed E-state index contributed by atoms with van der Waals surface area (Å²) in [5.41, 5.74) is 0.757. The minimum atomic E-state index is -4.68. The zero-order valence-electron chi connectivity index (χ0n) is 10.9. The Kier molecular flexibility index (Phi) is 5.62. The van der Waals surface area contributed by atoms with E-state index in [1.54, 1.807) is 0 Å². The first-order valence-electron chi connectivity index (χ1n) is 6.02. The summed E-state index contributed by atoms with van der Waals surface area (Å²) in [5, 5.41) is 12.8. The van der Waals surface area contributed by atoms with Crippen LogP contribution >= 0.6 is 0 Å². The normalized spacial score (nSPS) is 13.6. The van der Waals surface area contributed by atoms with Gasteiger partial charge in [0.1, 0.15) is 5.75 Å².